The Hall–Kier alpha value is -2.82. The van der Waals surface area contributed by atoms with Gasteiger partial charge in [-0.15, -0.1) is 0 Å². The lowest BCUT2D eigenvalue weighted by atomic mass is 9.88. The number of hydrogen-bond donors (Lipinski definition) is 2. The summed E-state index contributed by atoms with van der Waals surface area (Å²) in [5.74, 6) is 0.370. The number of benzene rings is 2. The maximum absolute atomic E-state index is 12.5. The number of hydrogen-bond acceptors (Lipinski definition) is 3. The van der Waals surface area contributed by atoms with Gasteiger partial charge in [-0.2, -0.15) is 0 Å². The highest BCUT2D eigenvalue weighted by Gasteiger charge is 2.54. The van der Waals surface area contributed by atoms with Crippen molar-refractivity contribution in [2.24, 2.45) is 0 Å². The van der Waals surface area contributed by atoms with Gasteiger partial charge in [0.1, 0.15) is 5.75 Å². The van der Waals surface area contributed by atoms with Crippen LogP contribution in [0.1, 0.15) is 11.1 Å². The zero-order valence-electron chi connectivity index (χ0n) is 11.3. The number of nitrogens with one attached hydrogen (secondary N) is 2. The summed E-state index contributed by atoms with van der Waals surface area (Å²) < 4.78 is 5.27. The molecule has 1 fully saturated rings. The smallest absolute Gasteiger partial charge is 0.322 e. The Morgan fingerprint density at radius 1 is 1.00 bits per heavy atom. The van der Waals surface area contributed by atoms with Crippen molar-refractivity contribution in [3.05, 3.63) is 53.6 Å². The van der Waals surface area contributed by atoms with E-state index in [9.17, 15) is 9.59 Å². The number of urea groups is 1. The van der Waals surface area contributed by atoms with Crippen LogP contribution in [-0.2, 0) is 10.3 Å². The van der Waals surface area contributed by atoms with Crippen LogP contribution in [-0.4, -0.2) is 19.0 Å². The number of carbonyl (C=O) groups is 2. The molecule has 0 radical (unpaired) electrons. The lowest BCUT2D eigenvalue weighted by Gasteiger charge is -2.23. The Morgan fingerprint density at radius 3 is 2.48 bits per heavy atom. The van der Waals surface area contributed by atoms with Gasteiger partial charge in [-0.25, -0.2) is 4.79 Å². The van der Waals surface area contributed by atoms with Gasteiger partial charge in [-0.3, -0.25) is 10.1 Å². The predicted octanol–water partition coefficient (Wildman–Crippen LogP) is 1.76. The van der Waals surface area contributed by atoms with Crippen LogP contribution in [0.2, 0.25) is 0 Å². The van der Waals surface area contributed by atoms with Crippen molar-refractivity contribution in [3.63, 3.8) is 0 Å². The fourth-order valence-electron chi connectivity index (χ4n) is 3.22. The van der Waals surface area contributed by atoms with Crippen LogP contribution in [0.3, 0.4) is 0 Å². The van der Waals surface area contributed by atoms with Crippen molar-refractivity contribution in [1.29, 1.82) is 0 Å². The van der Waals surface area contributed by atoms with Gasteiger partial charge in [0, 0.05) is 0 Å². The average molecular weight is 280 g/mol. The maximum Gasteiger partial charge on any atom is 0.322 e. The predicted molar refractivity (Wildman–Crippen MR) is 75.9 cm³/mol. The lowest BCUT2D eigenvalue weighted by Crippen LogP contribution is -2.43. The van der Waals surface area contributed by atoms with Gasteiger partial charge in [0.05, 0.1) is 7.11 Å². The van der Waals surface area contributed by atoms with E-state index in [1.54, 1.807) is 13.2 Å². The fraction of sp³-hybridized carbons (Fsp3) is 0.125. The SMILES string of the molecule is COc1ccc2c(c1)-c1ccccc1C21NC(=O)NC1=O. The molecule has 4 rings (SSSR count). The fourth-order valence-corrected chi connectivity index (χ4v) is 3.22. The summed E-state index contributed by atoms with van der Waals surface area (Å²) in [4.78, 5) is 24.2. The molecule has 1 heterocycles. The van der Waals surface area contributed by atoms with E-state index in [0.29, 0.717) is 5.75 Å². The molecule has 0 bridgehead atoms. The molecule has 1 saturated heterocycles. The summed E-state index contributed by atoms with van der Waals surface area (Å²) in [6.07, 6.45) is 0. The van der Waals surface area contributed by atoms with Gasteiger partial charge >= 0.3 is 6.03 Å². The highest BCUT2D eigenvalue weighted by atomic mass is 16.5. The lowest BCUT2D eigenvalue weighted by molar-refractivity contribution is -0.122. The summed E-state index contributed by atoms with van der Waals surface area (Å²) in [5.41, 5.74) is 2.27. The molecule has 1 atom stereocenters. The van der Waals surface area contributed by atoms with Crippen LogP contribution in [0.5, 0.6) is 5.75 Å². The van der Waals surface area contributed by atoms with Gasteiger partial charge in [-0.05, 0) is 34.4 Å². The van der Waals surface area contributed by atoms with Gasteiger partial charge in [0.15, 0.2) is 5.54 Å². The molecule has 3 amide bonds. The molecular weight excluding hydrogens is 268 g/mol. The minimum absolute atomic E-state index is 0.344. The third kappa shape index (κ3) is 1.35. The van der Waals surface area contributed by atoms with Crippen LogP contribution in [0, 0.1) is 0 Å². The average Bonchev–Trinajstić information content (AvgIpc) is 2.96. The Kier molecular flexibility index (Phi) is 2.19. The summed E-state index contributed by atoms with van der Waals surface area (Å²) in [6, 6.07) is 12.6. The molecule has 104 valence electrons. The van der Waals surface area contributed by atoms with Crippen molar-refractivity contribution in [2.75, 3.05) is 7.11 Å². The van der Waals surface area contributed by atoms with Crippen LogP contribution < -0.4 is 15.4 Å². The summed E-state index contributed by atoms with van der Waals surface area (Å²) in [6.45, 7) is 0. The molecule has 5 heteroatoms. The number of methoxy groups -OCH3 is 1. The number of imide groups is 1. The molecule has 0 saturated carbocycles. The van der Waals surface area contributed by atoms with Crippen LogP contribution in [0.15, 0.2) is 42.5 Å². The molecule has 1 aliphatic heterocycles. The molecule has 1 aliphatic carbocycles. The normalized spacial score (nSPS) is 21.8. The number of rotatable bonds is 1. The quantitative estimate of drug-likeness (QED) is 0.782. The highest BCUT2D eigenvalue weighted by Crippen LogP contribution is 2.49. The van der Waals surface area contributed by atoms with Crippen LogP contribution in [0.25, 0.3) is 11.1 Å². The first-order valence-corrected chi connectivity index (χ1v) is 6.59. The molecular formula is C16H12N2O3. The molecule has 2 aromatic carbocycles. The van der Waals surface area contributed by atoms with E-state index in [-0.39, 0.29) is 5.91 Å². The topological polar surface area (TPSA) is 67.4 Å². The van der Waals surface area contributed by atoms with Crippen molar-refractivity contribution in [2.45, 2.75) is 5.54 Å². The minimum atomic E-state index is -1.13. The summed E-state index contributed by atoms with van der Waals surface area (Å²) in [5, 5.41) is 5.13. The molecule has 0 aromatic heterocycles. The first-order chi connectivity index (χ1) is 10.2. The second kappa shape index (κ2) is 3.85. The first-order valence-electron chi connectivity index (χ1n) is 6.59. The van der Waals surface area contributed by atoms with Gasteiger partial charge in [0.2, 0.25) is 0 Å². The summed E-state index contributed by atoms with van der Waals surface area (Å²) in [7, 11) is 1.60. The first kappa shape index (κ1) is 12.0. The number of fused-ring (bicyclic) bond motifs is 5. The molecule has 1 unspecified atom stereocenters. The Bertz CT molecular complexity index is 800. The molecule has 2 aromatic rings. The Balaban J connectivity index is 2.07. The van der Waals surface area contributed by atoms with Gasteiger partial charge in [0.25, 0.3) is 5.91 Å². The number of carbonyl (C=O) groups excluding carboxylic acids is 2. The second-order valence-electron chi connectivity index (χ2n) is 5.12. The third-order valence-corrected chi connectivity index (χ3v) is 4.12. The Morgan fingerprint density at radius 2 is 1.76 bits per heavy atom. The maximum atomic E-state index is 12.5. The zero-order valence-corrected chi connectivity index (χ0v) is 11.3. The van der Waals surface area contributed by atoms with Crippen molar-refractivity contribution in [3.8, 4) is 16.9 Å². The van der Waals surface area contributed by atoms with Gasteiger partial charge < -0.3 is 10.1 Å². The highest BCUT2D eigenvalue weighted by molar-refractivity contribution is 6.13. The van der Waals surface area contributed by atoms with Crippen molar-refractivity contribution in [1.82, 2.24) is 10.6 Å². The molecule has 5 nitrogen and oxygen atoms in total. The van der Waals surface area contributed by atoms with Gasteiger partial charge in [-0.1, -0.05) is 30.3 Å². The zero-order chi connectivity index (χ0) is 14.6. The number of amides is 3. The molecule has 21 heavy (non-hydrogen) atoms. The molecule has 2 aliphatic rings. The van der Waals surface area contributed by atoms with E-state index in [4.69, 9.17) is 4.74 Å². The van der Waals surface area contributed by atoms with E-state index >= 15 is 0 Å². The van der Waals surface area contributed by atoms with Crippen molar-refractivity contribution < 1.29 is 14.3 Å². The monoisotopic (exact) mass is 280 g/mol. The number of ether oxygens (including phenoxy) is 1. The van der Waals surface area contributed by atoms with E-state index < -0.39 is 11.6 Å². The summed E-state index contributed by atoms with van der Waals surface area (Å²) >= 11 is 0. The van der Waals surface area contributed by atoms with E-state index in [1.807, 2.05) is 36.4 Å². The second-order valence-corrected chi connectivity index (χ2v) is 5.12. The minimum Gasteiger partial charge on any atom is -0.497 e. The standard InChI is InChI=1S/C16H12N2O3/c1-21-9-6-7-13-11(8-9)10-4-2-3-5-12(10)16(13)14(19)17-15(20)18-16/h2-8H,1H3,(H2,17,18,19,20). The van der Waals surface area contributed by atoms with E-state index in [1.165, 1.54) is 0 Å². The van der Waals surface area contributed by atoms with E-state index in [2.05, 4.69) is 10.6 Å². The third-order valence-electron chi connectivity index (χ3n) is 4.12. The molecule has 1 spiro atoms. The Labute approximate surface area is 120 Å². The van der Waals surface area contributed by atoms with Crippen LogP contribution in [0.4, 0.5) is 4.79 Å². The largest absolute Gasteiger partial charge is 0.497 e. The molecule has 2 N–H and O–H groups in total. The van der Waals surface area contributed by atoms with E-state index in [0.717, 1.165) is 22.3 Å². The van der Waals surface area contributed by atoms with Crippen molar-refractivity contribution >= 4 is 11.9 Å². The van der Waals surface area contributed by atoms with Crippen LogP contribution >= 0.6 is 0 Å².